The van der Waals surface area contributed by atoms with Gasteiger partial charge >= 0.3 is 5.97 Å². The molecule has 33 heavy (non-hydrogen) atoms. The van der Waals surface area contributed by atoms with Crippen LogP contribution in [0.5, 0.6) is 5.75 Å². The van der Waals surface area contributed by atoms with E-state index in [2.05, 4.69) is 39.8 Å². The molecule has 2 bridgehead atoms. The van der Waals surface area contributed by atoms with Crippen molar-refractivity contribution in [2.75, 3.05) is 7.11 Å². The first-order chi connectivity index (χ1) is 15.8. The molecule has 0 amide bonds. The van der Waals surface area contributed by atoms with Gasteiger partial charge in [-0.1, -0.05) is 49.3 Å². The number of rotatable bonds is 5. The molecule has 0 aromatic heterocycles. The number of ether oxygens (including phenoxy) is 3. The monoisotopic (exact) mass is 454 g/mol. The van der Waals surface area contributed by atoms with Gasteiger partial charge in [0.05, 0.1) is 25.9 Å². The molecule has 4 atom stereocenters. The average Bonchev–Trinajstić information content (AvgIpc) is 3.10. The van der Waals surface area contributed by atoms with Crippen LogP contribution in [0.1, 0.15) is 58.9 Å². The molecule has 1 aliphatic carbocycles. The van der Waals surface area contributed by atoms with Crippen molar-refractivity contribution in [3.05, 3.63) is 64.8 Å². The van der Waals surface area contributed by atoms with E-state index in [0.29, 0.717) is 25.0 Å². The van der Waals surface area contributed by atoms with Gasteiger partial charge in [0.2, 0.25) is 0 Å². The van der Waals surface area contributed by atoms with Crippen LogP contribution in [0.2, 0.25) is 0 Å². The molecule has 0 saturated heterocycles. The smallest absolute Gasteiger partial charge is 0.334 e. The lowest BCUT2D eigenvalue weighted by atomic mass is 9.82. The van der Waals surface area contributed by atoms with Crippen LogP contribution in [0.4, 0.5) is 0 Å². The Morgan fingerprint density at radius 1 is 1.09 bits per heavy atom. The molecule has 5 nitrogen and oxygen atoms in total. The maximum Gasteiger partial charge on any atom is 0.334 e. The molecular weight excluding hydrogens is 416 g/mol. The second-order valence-electron chi connectivity index (χ2n) is 9.66. The predicted octanol–water partition coefficient (Wildman–Crippen LogP) is 5.53. The summed E-state index contributed by atoms with van der Waals surface area (Å²) in [4.78, 5) is 12.7. The van der Waals surface area contributed by atoms with Crippen LogP contribution in [-0.4, -0.2) is 36.5 Å². The van der Waals surface area contributed by atoms with Crippen molar-refractivity contribution < 1.29 is 24.1 Å². The third-order valence-corrected chi connectivity index (χ3v) is 6.54. The minimum absolute atomic E-state index is 0.145. The summed E-state index contributed by atoms with van der Waals surface area (Å²) in [7, 11) is 1.65. The van der Waals surface area contributed by atoms with Gasteiger partial charge in [-0.3, -0.25) is 0 Å². The Hall–Kier alpha value is -2.37. The summed E-state index contributed by atoms with van der Waals surface area (Å²) < 4.78 is 17.2. The van der Waals surface area contributed by atoms with E-state index < -0.39 is 12.2 Å². The Morgan fingerprint density at radius 2 is 1.82 bits per heavy atom. The zero-order valence-electron chi connectivity index (χ0n) is 20.5. The highest BCUT2D eigenvalue weighted by Crippen LogP contribution is 2.33. The van der Waals surface area contributed by atoms with E-state index in [4.69, 9.17) is 14.2 Å². The number of aliphatic hydroxyl groups is 1. The van der Waals surface area contributed by atoms with E-state index >= 15 is 0 Å². The van der Waals surface area contributed by atoms with E-state index in [0.717, 1.165) is 24.2 Å². The van der Waals surface area contributed by atoms with Crippen LogP contribution in [0, 0.1) is 11.8 Å². The van der Waals surface area contributed by atoms with E-state index in [9.17, 15) is 9.90 Å². The second kappa shape index (κ2) is 11.7. The summed E-state index contributed by atoms with van der Waals surface area (Å²) >= 11 is 0. The van der Waals surface area contributed by atoms with Gasteiger partial charge in [-0.05, 0) is 62.8 Å². The lowest BCUT2D eigenvalue weighted by Crippen LogP contribution is -2.35. The summed E-state index contributed by atoms with van der Waals surface area (Å²) in [5.74, 6) is 0.541. The van der Waals surface area contributed by atoms with Crippen LogP contribution in [-0.2, 0) is 20.9 Å². The number of allylic oxidation sites excluding steroid dienone is 2. The fourth-order valence-electron chi connectivity index (χ4n) is 4.69. The van der Waals surface area contributed by atoms with Gasteiger partial charge in [-0.25, -0.2) is 4.79 Å². The molecule has 180 valence electrons. The van der Waals surface area contributed by atoms with Crippen molar-refractivity contribution in [1.82, 2.24) is 0 Å². The molecule has 2 aliphatic rings. The average molecular weight is 455 g/mol. The van der Waals surface area contributed by atoms with Gasteiger partial charge in [0.1, 0.15) is 11.9 Å². The van der Waals surface area contributed by atoms with Crippen LogP contribution in [0.3, 0.4) is 0 Å². The minimum Gasteiger partial charge on any atom is -0.497 e. The van der Waals surface area contributed by atoms with Crippen LogP contribution < -0.4 is 4.74 Å². The van der Waals surface area contributed by atoms with Crippen LogP contribution in [0.15, 0.2) is 59.2 Å². The van der Waals surface area contributed by atoms with E-state index in [1.165, 1.54) is 11.1 Å². The summed E-state index contributed by atoms with van der Waals surface area (Å²) in [6.45, 7) is 8.75. The van der Waals surface area contributed by atoms with Crippen LogP contribution >= 0.6 is 0 Å². The fourth-order valence-corrected chi connectivity index (χ4v) is 4.69. The quantitative estimate of drug-likeness (QED) is 0.468. The van der Waals surface area contributed by atoms with Crippen molar-refractivity contribution >= 4 is 5.97 Å². The summed E-state index contributed by atoms with van der Waals surface area (Å²) in [5, 5.41) is 11.0. The minimum atomic E-state index is -0.559. The number of carbonyl (C=O) groups excluding carboxylic acids is 1. The Kier molecular flexibility index (Phi) is 8.93. The third-order valence-electron chi connectivity index (χ3n) is 6.54. The van der Waals surface area contributed by atoms with Crippen molar-refractivity contribution in [2.45, 2.75) is 78.3 Å². The Labute approximate surface area is 198 Å². The summed E-state index contributed by atoms with van der Waals surface area (Å²) in [5.41, 5.74) is 4.06. The van der Waals surface area contributed by atoms with Gasteiger partial charge in [0, 0.05) is 17.9 Å². The van der Waals surface area contributed by atoms with Crippen molar-refractivity contribution in [1.29, 1.82) is 0 Å². The molecular formula is C28H38O5. The molecule has 0 saturated carbocycles. The number of esters is 1. The first-order valence-electron chi connectivity index (χ1n) is 11.9. The molecule has 0 fully saturated rings. The maximum atomic E-state index is 12.7. The number of aliphatic hydroxyl groups excluding tert-OH is 1. The highest BCUT2D eigenvalue weighted by molar-refractivity contribution is 5.91. The molecule has 1 aliphatic heterocycles. The Bertz CT molecular complexity index is 893. The SMILES string of the molecule is COc1ccc(CO[C@H]2/C=C(\C)CC/C=C(\C)C[C@H](O)[C@@H](C(C)C)[C@H]3C=C(C2)C(=O)O3)cc1. The normalized spacial score (nSPS) is 29.9. The number of benzene rings is 1. The number of hydrogen-bond donors (Lipinski definition) is 1. The topological polar surface area (TPSA) is 65.0 Å². The lowest BCUT2D eigenvalue weighted by Gasteiger charge is -2.30. The highest BCUT2D eigenvalue weighted by atomic mass is 16.5. The molecule has 1 aromatic rings. The lowest BCUT2D eigenvalue weighted by molar-refractivity contribution is -0.144. The second-order valence-corrected chi connectivity index (χ2v) is 9.66. The zero-order valence-corrected chi connectivity index (χ0v) is 20.5. The molecule has 1 aromatic carbocycles. The molecule has 5 heteroatoms. The maximum absolute atomic E-state index is 12.7. The zero-order chi connectivity index (χ0) is 24.0. The number of methoxy groups -OCH3 is 1. The Balaban J connectivity index is 1.84. The van der Waals surface area contributed by atoms with Gasteiger partial charge in [-0.2, -0.15) is 0 Å². The van der Waals surface area contributed by atoms with Crippen LogP contribution in [0.25, 0.3) is 0 Å². The predicted molar refractivity (Wildman–Crippen MR) is 130 cm³/mol. The molecule has 1 heterocycles. The molecule has 0 radical (unpaired) electrons. The number of fused-ring (bicyclic) bond motifs is 1. The largest absolute Gasteiger partial charge is 0.497 e. The van der Waals surface area contributed by atoms with E-state index in [-0.39, 0.29) is 23.9 Å². The van der Waals surface area contributed by atoms with Gasteiger partial charge in [-0.15, -0.1) is 0 Å². The van der Waals surface area contributed by atoms with E-state index in [1.54, 1.807) is 7.11 Å². The standard InChI is InChI=1S/C28H38O5/c1-18(2)27-25(29)14-20(4)8-6-7-19(3)13-24(15-22-16-26(27)33-28(22)30)32-17-21-9-11-23(31-5)12-10-21/h8-13,16,18,24-27,29H,6-7,14-15,17H2,1-5H3/b19-13+,20-8+/t24-,25-,26+,27+/m0/s1. The van der Waals surface area contributed by atoms with Crippen molar-refractivity contribution in [3.63, 3.8) is 0 Å². The first kappa shape index (κ1) is 25.3. The molecule has 0 unspecified atom stereocenters. The summed E-state index contributed by atoms with van der Waals surface area (Å²) in [6.07, 6.45) is 7.92. The Morgan fingerprint density at radius 3 is 2.48 bits per heavy atom. The number of carbonyl (C=O) groups is 1. The fraction of sp³-hybridized carbons (Fsp3) is 0.536. The van der Waals surface area contributed by atoms with Gasteiger partial charge in [0.25, 0.3) is 0 Å². The molecule has 0 spiro atoms. The van der Waals surface area contributed by atoms with Gasteiger partial charge in [0.15, 0.2) is 0 Å². The van der Waals surface area contributed by atoms with Crippen molar-refractivity contribution in [2.24, 2.45) is 11.8 Å². The first-order valence-corrected chi connectivity index (χ1v) is 11.9. The van der Waals surface area contributed by atoms with Gasteiger partial charge < -0.3 is 19.3 Å². The summed E-state index contributed by atoms with van der Waals surface area (Å²) in [6, 6.07) is 7.81. The van der Waals surface area contributed by atoms with E-state index in [1.807, 2.05) is 30.3 Å². The highest BCUT2D eigenvalue weighted by Gasteiger charge is 2.38. The number of hydrogen-bond acceptors (Lipinski definition) is 5. The van der Waals surface area contributed by atoms with Crippen molar-refractivity contribution in [3.8, 4) is 5.75 Å². The third kappa shape index (κ3) is 7.05. The molecule has 1 N–H and O–H groups in total. The molecule has 3 rings (SSSR count).